The molecule has 5 heteroatoms. The van der Waals surface area contributed by atoms with Crippen molar-refractivity contribution in [2.45, 2.75) is 59.2 Å². The SMILES string of the molecule is CC(C)C(CCC1CCC(CI)CC1C(=O)OCc1ccccc1)C(=O)OCc1ccccc1. The Morgan fingerprint density at radius 3 is 2.06 bits per heavy atom. The quantitative estimate of drug-likeness (QED) is 0.164. The molecular weight excluding hydrogens is 539 g/mol. The maximum atomic E-state index is 13.1. The number of rotatable bonds is 11. The van der Waals surface area contributed by atoms with Gasteiger partial charge >= 0.3 is 11.9 Å². The molecule has 2 aromatic carbocycles. The van der Waals surface area contributed by atoms with Crippen molar-refractivity contribution in [1.29, 1.82) is 0 Å². The molecule has 4 nitrogen and oxygen atoms in total. The molecule has 4 unspecified atom stereocenters. The fourth-order valence-electron chi connectivity index (χ4n) is 4.88. The standard InChI is InChI=1S/C29H37IO4/c1-21(2)26(28(31)33-19-22-9-5-3-6-10-22)16-15-25-14-13-24(18-30)17-27(25)29(32)34-20-23-11-7-4-8-12-23/h3-12,21,24-27H,13-20H2,1-2H3. The molecule has 1 fully saturated rings. The molecule has 0 N–H and O–H groups in total. The van der Waals surface area contributed by atoms with Gasteiger partial charge in [0.25, 0.3) is 0 Å². The average Bonchev–Trinajstić information content (AvgIpc) is 2.87. The van der Waals surface area contributed by atoms with E-state index in [0.29, 0.717) is 19.1 Å². The molecule has 1 saturated carbocycles. The Hall–Kier alpha value is -1.89. The van der Waals surface area contributed by atoms with E-state index in [1.807, 2.05) is 60.7 Å². The van der Waals surface area contributed by atoms with E-state index in [2.05, 4.69) is 36.4 Å². The molecular formula is C29H37IO4. The molecule has 184 valence electrons. The summed E-state index contributed by atoms with van der Waals surface area (Å²) in [5, 5.41) is 0. The van der Waals surface area contributed by atoms with Crippen LogP contribution in [0, 0.1) is 29.6 Å². The Balaban J connectivity index is 1.58. The van der Waals surface area contributed by atoms with Gasteiger partial charge in [0, 0.05) is 4.43 Å². The van der Waals surface area contributed by atoms with Gasteiger partial charge < -0.3 is 9.47 Å². The van der Waals surface area contributed by atoms with Gasteiger partial charge in [-0.25, -0.2) is 0 Å². The van der Waals surface area contributed by atoms with Gasteiger partial charge in [-0.15, -0.1) is 0 Å². The molecule has 0 radical (unpaired) electrons. The first kappa shape index (κ1) is 26.7. The number of carbonyl (C=O) groups excluding carboxylic acids is 2. The highest BCUT2D eigenvalue weighted by Crippen LogP contribution is 2.39. The van der Waals surface area contributed by atoms with Crippen molar-refractivity contribution in [2.24, 2.45) is 29.6 Å². The fraction of sp³-hybridized carbons (Fsp3) is 0.517. The summed E-state index contributed by atoms with van der Waals surface area (Å²) >= 11 is 2.43. The van der Waals surface area contributed by atoms with Crippen LogP contribution < -0.4 is 0 Å². The van der Waals surface area contributed by atoms with E-state index in [9.17, 15) is 9.59 Å². The van der Waals surface area contributed by atoms with Crippen molar-refractivity contribution < 1.29 is 19.1 Å². The number of hydrogen-bond donors (Lipinski definition) is 0. The van der Waals surface area contributed by atoms with E-state index in [1.54, 1.807) is 0 Å². The third-order valence-electron chi connectivity index (χ3n) is 7.03. The highest BCUT2D eigenvalue weighted by atomic mass is 127. The van der Waals surface area contributed by atoms with Crippen molar-refractivity contribution in [3.8, 4) is 0 Å². The summed E-state index contributed by atoms with van der Waals surface area (Å²) in [5.41, 5.74) is 2.01. The van der Waals surface area contributed by atoms with Crippen LogP contribution in [0.1, 0.15) is 57.1 Å². The smallest absolute Gasteiger partial charge is 0.309 e. The monoisotopic (exact) mass is 576 g/mol. The van der Waals surface area contributed by atoms with E-state index < -0.39 is 0 Å². The summed E-state index contributed by atoms with van der Waals surface area (Å²) in [5.74, 6) is 0.530. The molecule has 0 bridgehead atoms. The Morgan fingerprint density at radius 1 is 0.912 bits per heavy atom. The molecule has 0 aliphatic heterocycles. The minimum absolute atomic E-state index is 0.0869. The van der Waals surface area contributed by atoms with E-state index in [4.69, 9.17) is 9.47 Å². The predicted molar refractivity (Wildman–Crippen MR) is 143 cm³/mol. The molecule has 0 saturated heterocycles. The van der Waals surface area contributed by atoms with Gasteiger partial charge in [-0.05, 0) is 61.0 Å². The highest BCUT2D eigenvalue weighted by molar-refractivity contribution is 14.1. The second kappa shape index (κ2) is 13.9. The van der Waals surface area contributed by atoms with Crippen molar-refractivity contribution in [2.75, 3.05) is 4.43 Å². The third kappa shape index (κ3) is 8.10. The normalized spacial score (nSPS) is 21.1. The van der Waals surface area contributed by atoms with E-state index in [0.717, 1.165) is 47.7 Å². The summed E-state index contributed by atoms with van der Waals surface area (Å²) in [4.78, 5) is 26.0. The molecule has 4 atom stereocenters. The van der Waals surface area contributed by atoms with Gasteiger partial charge in [0.1, 0.15) is 13.2 Å². The second-order valence-electron chi connectivity index (χ2n) is 9.81. The number of benzene rings is 2. The second-order valence-corrected chi connectivity index (χ2v) is 10.7. The van der Waals surface area contributed by atoms with Crippen LogP contribution in [-0.4, -0.2) is 16.4 Å². The van der Waals surface area contributed by atoms with Crippen LogP contribution in [0.25, 0.3) is 0 Å². The summed E-state index contributed by atoms with van der Waals surface area (Å²) in [7, 11) is 0. The van der Waals surface area contributed by atoms with Crippen LogP contribution in [0.4, 0.5) is 0 Å². The summed E-state index contributed by atoms with van der Waals surface area (Å²) in [6.45, 7) is 4.77. The Kier molecular flexibility index (Phi) is 10.9. The third-order valence-corrected chi connectivity index (χ3v) is 8.27. The van der Waals surface area contributed by atoms with Gasteiger partial charge in [-0.3, -0.25) is 9.59 Å². The molecule has 2 aromatic rings. The molecule has 0 heterocycles. The molecule has 34 heavy (non-hydrogen) atoms. The topological polar surface area (TPSA) is 52.6 Å². The predicted octanol–water partition coefficient (Wildman–Crippen LogP) is 6.99. The lowest BCUT2D eigenvalue weighted by Crippen LogP contribution is -2.34. The fourth-order valence-corrected chi connectivity index (χ4v) is 5.68. The van der Waals surface area contributed by atoms with Crippen LogP contribution in [0.5, 0.6) is 0 Å². The minimum atomic E-state index is -0.160. The maximum Gasteiger partial charge on any atom is 0.309 e. The first-order valence-corrected chi connectivity index (χ1v) is 14.0. The molecule has 0 spiro atoms. The lowest BCUT2D eigenvalue weighted by atomic mass is 9.71. The van der Waals surface area contributed by atoms with Crippen molar-refractivity contribution in [3.63, 3.8) is 0 Å². The molecule has 0 aromatic heterocycles. The molecule has 0 amide bonds. The summed E-state index contributed by atoms with van der Waals surface area (Å²) < 4.78 is 12.5. The number of carbonyl (C=O) groups is 2. The number of ether oxygens (including phenoxy) is 2. The first-order valence-electron chi connectivity index (χ1n) is 12.4. The number of halogens is 1. The lowest BCUT2D eigenvalue weighted by molar-refractivity contribution is -0.154. The van der Waals surface area contributed by atoms with Gasteiger partial charge in [0.05, 0.1) is 11.8 Å². The van der Waals surface area contributed by atoms with Crippen LogP contribution >= 0.6 is 22.6 Å². The molecule has 1 aliphatic carbocycles. The van der Waals surface area contributed by atoms with Gasteiger partial charge in [-0.2, -0.15) is 0 Å². The zero-order valence-corrected chi connectivity index (χ0v) is 22.5. The zero-order valence-electron chi connectivity index (χ0n) is 20.3. The van der Waals surface area contributed by atoms with E-state index in [1.165, 1.54) is 0 Å². The van der Waals surface area contributed by atoms with Crippen LogP contribution in [0.2, 0.25) is 0 Å². The van der Waals surface area contributed by atoms with Gasteiger partial charge in [0.2, 0.25) is 0 Å². The first-order chi connectivity index (χ1) is 16.5. The lowest BCUT2D eigenvalue weighted by Gasteiger charge is -2.35. The zero-order chi connectivity index (χ0) is 24.3. The maximum absolute atomic E-state index is 13.1. The highest BCUT2D eigenvalue weighted by Gasteiger charge is 2.37. The Labute approximate surface area is 217 Å². The Morgan fingerprint density at radius 2 is 1.50 bits per heavy atom. The van der Waals surface area contributed by atoms with E-state index in [-0.39, 0.29) is 35.6 Å². The largest absolute Gasteiger partial charge is 0.461 e. The number of alkyl halides is 1. The number of hydrogen-bond acceptors (Lipinski definition) is 4. The van der Waals surface area contributed by atoms with Crippen LogP contribution in [-0.2, 0) is 32.3 Å². The average molecular weight is 577 g/mol. The minimum Gasteiger partial charge on any atom is -0.461 e. The van der Waals surface area contributed by atoms with Gasteiger partial charge in [0.15, 0.2) is 0 Å². The van der Waals surface area contributed by atoms with Gasteiger partial charge in [-0.1, -0.05) is 97.1 Å². The van der Waals surface area contributed by atoms with Crippen LogP contribution in [0.3, 0.4) is 0 Å². The number of esters is 2. The molecule has 3 rings (SSSR count). The van der Waals surface area contributed by atoms with Crippen molar-refractivity contribution in [1.82, 2.24) is 0 Å². The summed E-state index contributed by atoms with van der Waals surface area (Å²) in [6, 6.07) is 19.6. The van der Waals surface area contributed by atoms with Crippen molar-refractivity contribution >= 4 is 34.5 Å². The van der Waals surface area contributed by atoms with E-state index >= 15 is 0 Å². The van der Waals surface area contributed by atoms with Crippen molar-refractivity contribution in [3.05, 3.63) is 71.8 Å². The molecule has 1 aliphatic rings. The van der Waals surface area contributed by atoms with Crippen LogP contribution in [0.15, 0.2) is 60.7 Å². The Bertz CT molecular complexity index is 884. The summed E-state index contributed by atoms with van der Waals surface area (Å²) in [6.07, 6.45) is 4.63.